The van der Waals surface area contributed by atoms with Gasteiger partial charge in [-0.3, -0.25) is 15.0 Å². The molecule has 0 atom stereocenters. The first-order valence-electron chi connectivity index (χ1n) is 7.44. The molecule has 1 heterocycles. The van der Waals surface area contributed by atoms with Crippen LogP contribution in [-0.2, 0) is 4.79 Å². The molecule has 7 nitrogen and oxygen atoms in total. The SMILES string of the molecule is CCN(CC(=O)O)C1CC(NC(=O)Nc2cc(C)ccn2)C1. The lowest BCUT2D eigenvalue weighted by Crippen LogP contribution is -2.55. The maximum Gasteiger partial charge on any atom is 0.320 e. The largest absolute Gasteiger partial charge is 0.480 e. The Kier molecular flexibility index (Phi) is 5.32. The number of carbonyl (C=O) groups excluding carboxylic acids is 1. The number of carbonyl (C=O) groups is 2. The molecule has 0 radical (unpaired) electrons. The molecular formula is C15H22N4O3. The number of hydrogen-bond donors (Lipinski definition) is 3. The third-order valence-electron chi connectivity index (χ3n) is 3.87. The third-order valence-corrected chi connectivity index (χ3v) is 3.87. The number of carboxylic acids is 1. The second-order valence-corrected chi connectivity index (χ2v) is 5.60. The molecular weight excluding hydrogens is 284 g/mol. The Morgan fingerprint density at radius 1 is 1.45 bits per heavy atom. The fourth-order valence-corrected chi connectivity index (χ4v) is 2.62. The number of aryl methyl sites for hydroxylation is 1. The van der Waals surface area contributed by atoms with E-state index in [1.54, 1.807) is 12.3 Å². The summed E-state index contributed by atoms with van der Waals surface area (Å²) in [5.41, 5.74) is 1.03. The number of aliphatic carboxylic acids is 1. The van der Waals surface area contributed by atoms with Crippen LogP contribution >= 0.6 is 0 Å². The molecule has 0 saturated heterocycles. The van der Waals surface area contributed by atoms with Gasteiger partial charge in [0.25, 0.3) is 0 Å². The van der Waals surface area contributed by atoms with Crippen molar-refractivity contribution >= 4 is 17.8 Å². The molecule has 22 heavy (non-hydrogen) atoms. The quantitative estimate of drug-likeness (QED) is 0.739. The van der Waals surface area contributed by atoms with Crippen LogP contribution in [0.25, 0.3) is 0 Å². The molecule has 1 aliphatic carbocycles. The van der Waals surface area contributed by atoms with E-state index in [0.29, 0.717) is 12.4 Å². The summed E-state index contributed by atoms with van der Waals surface area (Å²) in [6, 6.07) is 3.69. The van der Waals surface area contributed by atoms with Crippen molar-refractivity contribution in [1.82, 2.24) is 15.2 Å². The summed E-state index contributed by atoms with van der Waals surface area (Å²) in [6.07, 6.45) is 3.20. The molecule has 0 aliphatic heterocycles. The van der Waals surface area contributed by atoms with Gasteiger partial charge in [-0.15, -0.1) is 0 Å². The van der Waals surface area contributed by atoms with Crippen LogP contribution in [-0.4, -0.2) is 52.2 Å². The van der Waals surface area contributed by atoms with E-state index in [1.165, 1.54) is 0 Å². The average molecular weight is 306 g/mol. The number of rotatable bonds is 6. The molecule has 7 heteroatoms. The van der Waals surface area contributed by atoms with Gasteiger partial charge in [0.15, 0.2) is 0 Å². The number of hydrogen-bond acceptors (Lipinski definition) is 4. The first-order valence-corrected chi connectivity index (χ1v) is 7.44. The summed E-state index contributed by atoms with van der Waals surface area (Å²) in [5, 5.41) is 14.4. The van der Waals surface area contributed by atoms with Crippen molar-refractivity contribution in [1.29, 1.82) is 0 Å². The van der Waals surface area contributed by atoms with Gasteiger partial charge >= 0.3 is 12.0 Å². The summed E-state index contributed by atoms with van der Waals surface area (Å²) < 4.78 is 0. The lowest BCUT2D eigenvalue weighted by atomic mass is 9.85. The van der Waals surface area contributed by atoms with E-state index in [2.05, 4.69) is 15.6 Å². The molecule has 3 N–H and O–H groups in total. The van der Waals surface area contributed by atoms with Gasteiger partial charge in [0.05, 0.1) is 6.54 Å². The van der Waals surface area contributed by atoms with Crippen molar-refractivity contribution in [2.45, 2.75) is 38.8 Å². The minimum Gasteiger partial charge on any atom is -0.480 e. The zero-order valence-electron chi connectivity index (χ0n) is 12.9. The van der Waals surface area contributed by atoms with Gasteiger partial charge in [0.1, 0.15) is 5.82 Å². The molecule has 0 unspecified atom stereocenters. The Morgan fingerprint density at radius 3 is 2.77 bits per heavy atom. The van der Waals surface area contributed by atoms with Crippen LogP contribution in [0.1, 0.15) is 25.3 Å². The zero-order valence-corrected chi connectivity index (χ0v) is 12.9. The summed E-state index contributed by atoms with van der Waals surface area (Å²) >= 11 is 0. The Morgan fingerprint density at radius 2 is 2.18 bits per heavy atom. The number of urea groups is 1. The molecule has 0 aromatic carbocycles. The Hall–Kier alpha value is -2.15. The first-order chi connectivity index (χ1) is 10.5. The molecule has 0 bridgehead atoms. The van der Waals surface area contributed by atoms with E-state index in [1.807, 2.05) is 24.8 Å². The maximum absolute atomic E-state index is 11.9. The highest BCUT2D eigenvalue weighted by atomic mass is 16.4. The third kappa shape index (κ3) is 4.42. The van der Waals surface area contributed by atoms with E-state index < -0.39 is 5.97 Å². The van der Waals surface area contributed by atoms with Crippen molar-refractivity contribution in [3.05, 3.63) is 23.9 Å². The van der Waals surface area contributed by atoms with Crippen LogP contribution in [0, 0.1) is 6.92 Å². The van der Waals surface area contributed by atoms with Gasteiger partial charge in [-0.25, -0.2) is 9.78 Å². The molecule has 1 aromatic rings. The van der Waals surface area contributed by atoms with Crippen LogP contribution in [0.15, 0.2) is 18.3 Å². The normalized spacial score (nSPS) is 20.3. The van der Waals surface area contributed by atoms with Crippen LogP contribution in [0.2, 0.25) is 0 Å². The average Bonchev–Trinajstić information content (AvgIpc) is 2.40. The highest BCUT2D eigenvalue weighted by Gasteiger charge is 2.34. The van der Waals surface area contributed by atoms with Gasteiger partial charge in [-0.1, -0.05) is 6.92 Å². The van der Waals surface area contributed by atoms with Crippen molar-refractivity contribution < 1.29 is 14.7 Å². The Bertz CT molecular complexity index is 543. The van der Waals surface area contributed by atoms with Crippen LogP contribution in [0.3, 0.4) is 0 Å². The van der Waals surface area contributed by atoms with E-state index >= 15 is 0 Å². The molecule has 1 fully saturated rings. The lowest BCUT2D eigenvalue weighted by Gasteiger charge is -2.42. The minimum atomic E-state index is -0.818. The number of carboxylic acid groups (broad SMARTS) is 1. The fourth-order valence-electron chi connectivity index (χ4n) is 2.62. The number of amides is 2. The maximum atomic E-state index is 11.9. The van der Waals surface area contributed by atoms with Gasteiger partial charge in [0, 0.05) is 18.3 Å². The van der Waals surface area contributed by atoms with Crippen LogP contribution in [0.5, 0.6) is 0 Å². The second kappa shape index (κ2) is 7.22. The number of nitrogens with zero attached hydrogens (tertiary/aromatic N) is 2. The Balaban J connectivity index is 1.75. The fraction of sp³-hybridized carbons (Fsp3) is 0.533. The van der Waals surface area contributed by atoms with E-state index in [0.717, 1.165) is 18.4 Å². The van der Waals surface area contributed by atoms with Gasteiger partial charge in [-0.05, 0) is 44.0 Å². The van der Waals surface area contributed by atoms with E-state index in [9.17, 15) is 9.59 Å². The number of aromatic nitrogens is 1. The predicted molar refractivity (Wildman–Crippen MR) is 82.8 cm³/mol. The van der Waals surface area contributed by atoms with E-state index in [4.69, 9.17) is 5.11 Å². The van der Waals surface area contributed by atoms with Gasteiger partial charge in [0.2, 0.25) is 0 Å². The summed E-state index contributed by atoms with van der Waals surface area (Å²) in [6.45, 7) is 4.62. The van der Waals surface area contributed by atoms with Gasteiger partial charge in [-0.2, -0.15) is 0 Å². The second-order valence-electron chi connectivity index (χ2n) is 5.60. The standard InChI is InChI=1S/C15H22N4O3/c1-3-19(9-14(20)21)12-7-11(8-12)17-15(22)18-13-6-10(2)4-5-16-13/h4-6,11-12H,3,7-9H2,1-2H3,(H,20,21)(H2,16,17,18,22). The predicted octanol–water partition coefficient (Wildman–Crippen LogP) is 1.45. The highest BCUT2D eigenvalue weighted by molar-refractivity contribution is 5.88. The smallest absolute Gasteiger partial charge is 0.320 e. The molecule has 120 valence electrons. The molecule has 1 saturated carbocycles. The Labute approximate surface area is 129 Å². The molecule has 1 aliphatic rings. The molecule has 2 amide bonds. The van der Waals surface area contributed by atoms with E-state index in [-0.39, 0.29) is 24.7 Å². The molecule has 1 aromatic heterocycles. The van der Waals surface area contributed by atoms with Gasteiger partial charge < -0.3 is 10.4 Å². The van der Waals surface area contributed by atoms with Crippen molar-refractivity contribution in [2.75, 3.05) is 18.4 Å². The lowest BCUT2D eigenvalue weighted by molar-refractivity contribution is -0.139. The highest BCUT2D eigenvalue weighted by Crippen LogP contribution is 2.25. The summed E-state index contributed by atoms with van der Waals surface area (Å²) in [4.78, 5) is 28.6. The molecule has 0 spiro atoms. The molecule has 2 rings (SSSR count). The summed E-state index contributed by atoms with van der Waals surface area (Å²) in [5.74, 6) is -0.295. The first kappa shape index (κ1) is 16.2. The van der Waals surface area contributed by atoms with Crippen LogP contribution in [0.4, 0.5) is 10.6 Å². The van der Waals surface area contributed by atoms with Crippen LogP contribution < -0.4 is 10.6 Å². The van der Waals surface area contributed by atoms with Crippen molar-refractivity contribution in [2.24, 2.45) is 0 Å². The topological polar surface area (TPSA) is 94.6 Å². The number of pyridine rings is 1. The zero-order chi connectivity index (χ0) is 16.1. The monoisotopic (exact) mass is 306 g/mol. The van der Waals surface area contributed by atoms with Crippen molar-refractivity contribution in [3.8, 4) is 0 Å². The summed E-state index contributed by atoms with van der Waals surface area (Å²) in [7, 11) is 0. The number of anilines is 1. The van der Waals surface area contributed by atoms with Crippen molar-refractivity contribution in [3.63, 3.8) is 0 Å². The minimum absolute atomic E-state index is 0.0489. The number of nitrogens with one attached hydrogen (secondary N) is 2. The number of likely N-dealkylation sites (N-methyl/N-ethyl adjacent to an activating group) is 1.